The highest BCUT2D eigenvalue weighted by Gasteiger charge is 2.09. The lowest BCUT2D eigenvalue weighted by Gasteiger charge is -1.81. The van der Waals surface area contributed by atoms with Gasteiger partial charge in [-0.3, -0.25) is 0 Å². The van der Waals surface area contributed by atoms with Crippen LogP contribution in [-0.2, 0) is 6.42 Å². The molecule has 0 aromatic carbocycles. The van der Waals surface area contributed by atoms with Crippen LogP contribution in [0, 0.1) is 11.3 Å². The van der Waals surface area contributed by atoms with Gasteiger partial charge < -0.3 is 4.52 Å². The van der Waals surface area contributed by atoms with Gasteiger partial charge in [-0.1, -0.05) is 5.16 Å². The number of hydrogen-bond donors (Lipinski definition) is 0. The molecule has 14 heavy (non-hydrogen) atoms. The maximum absolute atomic E-state index is 8.42. The predicted octanol–water partition coefficient (Wildman–Crippen LogP) is 2.63. The van der Waals surface area contributed by atoms with Crippen molar-refractivity contribution in [3.63, 3.8) is 0 Å². The van der Waals surface area contributed by atoms with E-state index in [1.807, 2.05) is 17.5 Å². The Balaban J connectivity index is 2.30. The van der Waals surface area contributed by atoms with Crippen molar-refractivity contribution in [1.82, 2.24) is 10.1 Å². The van der Waals surface area contributed by atoms with E-state index in [-0.39, 0.29) is 6.42 Å². The van der Waals surface area contributed by atoms with Crippen molar-refractivity contribution < 1.29 is 4.52 Å². The molecule has 0 N–H and O–H groups in total. The molecule has 0 saturated carbocycles. The summed E-state index contributed by atoms with van der Waals surface area (Å²) in [5.41, 5.74) is 0. The van der Waals surface area contributed by atoms with Crippen molar-refractivity contribution in [3.8, 4) is 16.8 Å². The minimum atomic E-state index is 0.152. The van der Waals surface area contributed by atoms with Crippen LogP contribution in [0.25, 0.3) is 10.7 Å². The molecule has 2 aromatic heterocycles. The smallest absolute Gasteiger partial charge is 0.241 e. The van der Waals surface area contributed by atoms with Gasteiger partial charge in [-0.15, -0.1) is 11.3 Å². The fourth-order valence-corrected chi connectivity index (χ4v) is 2.28. The molecule has 0 aliphatic heterocycles. The van der Waals surface area contributed by atoms with E-state index in [1.165, 1.54) is 11.3 Å². The number of aromatic nitrogens is 2. The minimum absolute atomic E-state index is 0.152. The summed E-state index contributed by atoms with van der Waals surface area (Å²) in [5, 5.41) is 14.1. The topological polar surface area (TPSA) is 62.7 Å². The summed E-state index contributed by atoms with van der Waals surface area (Å²) in [5.74, 6) is 0.887. The SMILES string of the molecule is N#CCc1nc(-c2cc(Br)cs2)no1. The second kappa shape index (κ2) is 3.90. The van der Waals surface area contributed by atoms with Crippen LogP contribution >= 0.6 is 27.3 Å². The zero-order valence-electron chi connectivity index (χ0n) is 6.90. The summed E-state index contributed by atoms with van der Waals surface area (Å²) >= 11 is 4.86. The number of rotatable bonds is 2. The Morgan fingerprint density at radius 2 is 2.50 bits per heavy atom. The number of thiophene rings is 1. The Bertz CT molecular complexity index is 485. The lowest BCUT2D eigenvalue weighted by Crippen LogP contribution is -1.80. The fourth-order valence-electron chi connectivity index (χ4n) is 0.925. The van der Waals surface area contributed by atoms with E-state index in [1.54, 1.807) is 0 Å². The molecule has 0 saturated heterocycles. The van der Waals surface area contributed by atoms with E-state index in [4.69, 9.17) is 9.78 Å². The van der Waals surface area contributed by atoms with Crippen LogP contribution in [0.15, 0.2) is 20.4 Å². The van der Waals surface area contributed by atoms with Gasteiger partial charge in [-0.25, -0.2) is 0 Å². The maximum atomic E-state index is 8.42. The molecule has 0 aliphatic rings. The monoisotopic (exact) mass is 269 g/mol. The Morgan fingerprint density at radius 3 is 3.14 bits per heavy atom. The third kappa shape index (κ3) is 1.84. The average Bonchev–Trinajstić information content (AvgIpc) is 2.74. The molecule has 0 bridgehead atoms. The quantitative estimate of drug-likeness (QED) is 0.841. The molecule has 0 aliphatic carbocycles. The molecule has 2 aromatic rings. The summed E-state index contributed by atoms with van der Waals surface area (Å²) in [6.07, 6.45) is 0.152. The normalized spacial score (nSPS) is 10.0. The van der Waals surface area contributed by atoms with Crippen LogP contribution < -0.4 is 0 Å². The highest BCUT2D eigenvalue weighted by Crippen LogP contribution is 2.27. The van der Waals surface area contributed by atoms with Gasteiger partial charge in [0.15, 0.2) is 0 Å². The van der Waals surface area contributed by atoms with Crippen LogP contribution in [0.1, 0.15) is 5.89 Å². The third-order valence-electron chi connectivity index (χ3n) is 1.49. The van der Waals surface area contributed by atoms with Gasteiger partial charge in [-0.2, -0.15) is 10.2 Å². The van der Waals surface area contributed by atoms with E-state index < -0.39 is 0 Å². The second-order valence-corrected chi connectivity index (χ2v) is 4.30. The van der Waals surface area contributed by atoms with Crippen molar-refractivity contribution >= 4 is 27.3 Å². The zero-order valence-corrected chi connectivity index (χ0v) is 9.30. The van der Waals surface area contributed by atoms with Gasteiger partial charge in [-0.05, 0) is 22.0 Å². The molecule has 70 valence electrons. The molecular weight excluding hydrogens is 266 g/mol. The third-order valence-corrected chi connectivity index (χ3v) is 3.17. The molecule has 0 amide bonds. The van der Waals surface area contributed by atoms with Crippen LogP contribution in [0.4, 0.5) is 0 Å². The first kappa shape index (κ1) is 9.37. The molecule has 2 heterocycles. The summed E-state index contributed by atoms with van der Waals surface area (Å²) in [6, 6.07) is 3.86. The van der Waals surface area contributed by atoms with Crippen molar-refractivity contribution in [3.05, 3.63) is 21.8 Å². The Morgan fingerprint density at radius 1 is 1.64 bits per heavy atom. The number of hydrogen-bond acceptors (Lipinski definition) is 5. The van der Waals surface area contributed by atoms with Gasteiger partial charge in [0.25, 0.3) is 0 Å². The second-order valence-electron chi connectivity index (χ2n) is 2.48. The largest absolute Gasteiger partial charge is 0.338 e. The molecule has 0 atom stereocenters. The van der Waals surface area contributed by atoms with Gasteiger partial charge in [0.05, 0.1) is 10.9 Å². The Kier molecular flexibility index (Phi) is 2.61. The van der Waals surface area contributed by atoms with Gasteiger partial charge in [0.2, 0.25) is 11.7 Å². The van der Waals surface area contributed by atoms with Crippen LogP contribution in [0.5, 0.6) is 0 Å². The van der Waals surface area contributed by atoms with Gasteiger partial charge in [0.1, 0.15) is 6.42 Å². The first-order valence-corrected chi connectivity index (χ1v) is 5.41. The summed E-state index contributed by atoms with van der Waals surface area (Å²) in [4.78, 5) is 4.99. The number of nitriles is 1. The lowest BCUT2D eigenvalue weighted by atomic mass is 10.4. The number of halogens is 1. The lowest BCUT2D eigenvalue weighted by molar-refractivity contribution is 0.388. The highest BCUT2D eigenvalue weighted by molar-refractivity contribution is 9.10. The van der Waals surface area contributed by atoms with E-state index >= 15 is 0 Å². The zero-order chi connectivity index (χ0) is 9.97. The highest BCUT2D eigenvalue weighted by atomic mass is 79.9. The van der Waals surface area contributed by atoms with E-state index in [0.717, 1.165) is 9.35 Å². The molecule has 0 fully saturated rings. The Hall–Kier alpha value is -1.19. The van der Waals surface area contributed by atoms with Crippen molar-refractivity contribution in [2.45, 2.75) is 6.42 Å². The van der Waals surface area contributed by atoms with Gasteiger partial charge >= 0.3 is 0 Å². The van der Waals surface area contributed by atoms with E-state index in [9.17, 15) is 0 Å². The van der Waals surface area contributed by atoms with Crippen molar-refractivity contribution in [1.29, 1.82) is 5.26 Å². The summed E-state index contributed by atoms with van der Waals surface area (Å²) < 4.78 is 5.87. The molecule has 4 nitrogen and oxygen atoms in total. The summed E-state index contributed by atoms with van der Waals surface area (Å²) in [7, 11) is 0. The van der Waals surface area contributed by atoms with Gasteiger partial charge in [0, 0.05) is 9.85 Å². The van der Waals surface area contributed by atoms with Crippen molar-refractivity contribution in [2.75, 3.05) is 0 Å². The molecule has 0 spiro atoms. The van der Waals surface area contributed by atoms with Crippen LogP contribution in [0.3, 0.4) is 0 Å². The van der Waals surface area contributed by atoms with E-state index in [0.29, 0.717) is 11.7 Å². The number of nitrogens with zero attached hydrogens (tertiary/aromatic N) is 3. The molecule has 2 rings (SSSR count). The van der Waals surface area contributed by atoms with E-state index in [2.05, 4.69) is 26.1 Å². The molecule has 6 heteroatoms. The first-order valence-electron chi connectivity index (χ1n) is 3.73. The molecule has 0 unspecified atom stereocenters. The van der Waals surface area contributed by atoms with Crippen molar-refractivity contribution in [2.24, 2.45) is 0 Å². The van der Waals surface area contributed by atoms with Crippen LogP contribution in [-0.4, -0.2) is 10.1 Å². The fraction of sp³-hybridized carbons (Fsp3) is 0.125. The molecule has 0 radical (unpaired) electrons. The maximum Gasteiger partial charge on any atom is 0.241 e. The van der Waals surface area contributed by atoms with Crippen LogP contribution in [0.2, 0.25) is 0 Å². The first-order chi connectivity index (χ1) is 6.79. The predicted molar refractivity (Wildman–Crippen MR) is 54.6 cm³/mol. The summed E-state index contributed by atoms with van der Waals surface area (Å²) in [6.45, 7) is 0. The molecular formula is C8H4BrN3OS. The Labute approximate surface area is 92.3 Å². The minimum Gasteiger partial charge on any atom is -0.338 e. The standard InChI is InChI=1S/C8H4BrN3OS/c9-5-3-6(14-4-5)8-11-7(1-2-10)13-12-8/h3-4H,1H2. The average molecular weight is 270 g/mol.